The number of nitrogen functional groups attached to an aromatic ring is 1. The summed E-state index contributed by atoms with van der Waals surface area (Å²) in [7, 11) is -1.98. The lowest BCUT2D eigenvalue weighted by Crippen LogP contribution is -2.02. The first-order valence-corrected chi connectivity index (χ1v) is 10.8. The summed E-state index contributed by atoms with van der Waals surface area (Å²) in [6.07, 6.45) is 4.17. The molecule has 0 bridgehead atoms. The second kappa shape index (κ2) is 8.14. The fourth-order valence-corrected chi connectivity index (χ4v) is 3.94. The summed E-state index contributed by atoms with van der Waals surface area (Å²) in [6.45, 7) is 1.84. The van der Waals surface area contributed by atoms with Gasteiger partial charge in [0.2, 0.25) is 0 Å². The van der Waals surface area contributed by atoms with Crippen LogP contribution in [0.25, 0.3) is 16.8 Å². The summed E-state index contributed by atoms with van der Waals surface area (Å²) in [5.74, 6) is 0.728. The van der Waals surface area contributed by atoms with Crippen molar-refractivity contribution in [2.24, 2.45) is 0 Å². The van der Waals surface area contributed by atoms with Crippen LogP contribution in [0, 0.1) is 6.92 Å². The number of hydrogen-bond acceptors (Lipinski definition) is 5. The van der Waals surface area contributed by atoms with Crippen molar-refractivity contribution in [2.75, 3.05) is 12.8 Å². The first-order chi connectivity index (χ1) is 13.3. The fraction of sp³-hybridized carbons (Fsp3) is 0.100. The largest absolute Gasteiger partial charge is 0.385 e. The molecule has 0 fully saturated rings. The average molecular weight is 416 g/mol. The highest BCUT2D eigenvalue weighted by atomic mass is 32.2. The number of fused-ring (bicyclic) bond motifs is 1. The highest BCUT2D eigenvalue weighted by Gasteiger charge is 2.11. The van der Waals surface area contributed by atoms with Gasteiger partial charge in [-0.15, -0.1) is 0 Å². The number of hydrogen-bond donors (Lipinski definition) is 3. The van der Waals surface area contributed by atoms with E-state index in [1.165, 1.54) is 22.5 Å². The summed E-state index contributed by atoms with van der Waals surface area (Å²) in [4.78, 5) is 5.26. The van der Waals surface area contributed by atoms with Crippen LogP contribution in [-0.2, 0) is 10.1 Å². The summed E-state index contributed by atoms with van der Waals surface area (Å²) in [5.41, 5.74) is 7.99. The maximum Gasteiger partial charge on any atom is 0.294 e. The number of aromatic amines is 1. The van der Waals surface area contributed by atoms with Crippen molar-refractivity contribution in [1.29, 1.82) is 0 Å². The van der Waals surface area contributed by atoms with Crippen LogP contribution in [0.15, 0.2) is 70.1 Å². The third kappa shape index (κ3) is 4.59. The number of benzene rings is 2. The standard InChI is InChI=1S/C13H13N3S.C7H8O3S/c1-16-6-7-17-12(16)8-11-9-4-2-3-5-10(9)13(14)15-11;1-6-2-4-7(5-3-6)11(8,9)10/h2-8,15H,14H2,1H3;2-5H,1H3,(H,8,9,10). The minimum absolute atomic E-state index is 0.0666. The minimum atomic E-state index is -4.02. The van der Waals surface area contributed by atoms with Gasteiger partial charge in [-0.3, -0.25) is 4.55 Å². The van der Waals surface area contributed by atoms with E-state index in [-0.39, 0.29) is 4.90 Å². The molecule has 1 aromatic heterocycles. The lowest BCUT2D eigenvalue weighted by atomic mass is 10.2. The number of anilines is 1. The highest BCUT2D eigenvalue weighted by molar-refractivity contribution is 8.06. The molecule has 0 aliphatic carbocycles. The van der Waals surface area contributed by atoms with E-state index >= 15 is 0 Å². The summed E-state index contributed by atoms with van der Waals surface area (Å²) < 4.78 is 29.6. The zero-order valence-electron chi connectivity index (χ0n) is 15.5. The molecular formula is C20H21N3O3S2. The smallest absolute Gasteiger partial charge is 0.294 e. The van der Waals surface area contributed by atoms with Crippen molar-refractivity contribution in [3.63, 3.8) is 0 Å². The van der Waals surface area contributed by atoms with Crippen molar-refractivity contribution in [1.82, 2.24) is 9.88 Å². The summed E-state index contributed by atoms with van der Waals surface area (Å²) in [5, 5.41) is 5.51. The lowest BCUT2D eigenvalue weighted by molar-refractivity contribution is 0.483. The Morgan fingerprint density at radius 3 is 2.32 bits per heavy atom. The van der Waals surface area contributed by atoms with Crippen molar-refractivity contribution in [2.45, 2.75) is 11.8 Å². The number of rotatable bonds is 2. The number of aryl methyl sites for hydroxylation is 1. The Morgan fingerprint density at radius 2 is 1.75 bits per heavy atom. The lowest BCUT2D eigenvalue weighted by Gasteiger charge is -2.09. The second-order valence-corrected chi connectivity index (χ2v) is 8.63. The molecule has 146 valence electrons. The fourth-order valence-electron chi connectivity index (χ4n) is 2.66. The third-order valence-electron chi connectivity index (χ3n) is 4.18. The van der Waals surface area contributed by atoms with Crippen LogP contribution in [-0.4, -0.2) is 29.9 Å². The van der Waals surface area contributed by atoms with Gasteiger partial charge < -0.3 is 15.6 Å². The topological polar surface area (TPSA) is 99.4 Å². The van der Waals surface area contributed by atoms with Crippen LogP contribution < -0.4 is 5.73 Å². The van der Waals surface area contributed by atoms with Gasteiger partial charge in [-0.1, -0.05) is 53.7 Å². The SMILES string of the molecule is CN1C=CSC1=Cc1[nH]c(N)c2ccccc12.Cc1ccc(S(=O)(=O)O)cc1. The molecule has 0 radical (unpaired) electrons. The van der Waals surface area contributed by atoms with E-state index in [9.17, 15) is 8.42 Å². The van der Waals surface area contributed by atoms with Crippen molar-refractivity contribution < 1.29 is 13.0 Å². The number of nitrogens with one attached hydrogen (secondary N) is 1. The number of thioether (sulfide) groups is 1. The maximum absolute atomic E-state index is 10.5. The second-order valence-electron chi connectivity index (χ2n) is 6.28. The number of nitrogens with zero attached hydrogens (tertiary/aromatic N) is 1. The van der Waals surface area contributed by atoms with Gasteiger partial charge in [-0.25, -0.2) is 0 Å². The van der Waals surface area contributed by atoms with Gasteiger partial charge in [0, 0.05) is 24.0 Å². The van der Waals surface area contributed by atoms with E-state index in [2.05, 4.69) is 27.4 Å². The van der Waals surface area contributed by atoms with E-state index in [1.807, 2.05) is 38.4 Å². The van der Waals surface area contributed by atoms with Crippen LogP contribution in [0.2, 0.25) is 0 Å². The van der Waals surface area contributed by atoms with Gasteiger partial charge in [0.05, 0.1) is 15.6 Å². The van der Waals surface area contributed by atoms with Crippen LogP contribution in [0.3, 0.4) is 0 Å². The number of aromatic nitrogens is 1. The Bertz CT molecular complexity index is 1150. The molecule has 0 saturated heterocycles. The molecular weight excluding hydrogens is 394 g/mol. The molecule has 1 aliphatic rings. The van der Waals surface area contributed by atoms with E-state index in [0.717, 1.165) is 22.5 Å². The predicted octanol–water partition coefficient (Wildman–Crippen LogP) is 4.44. The third-order valence-corrected chi connectivity index (χ3v) is 5.96. The molecule has 3 aromatic rings. The summed E-state index contributed by atoms with van der Waals surface area (Å²) >= 11 is 1.71. The van der Waals surface area contributed by atoms with Crippen molar-refractivity contribution >= 4 is 44.5 Å². The van der Waals surface area contributed by atoms with E-state index in [1.54, 1.807) is 23.9 Å². The molecule has 6 nitrogen and oxygen atoms in total. The van der Waals surface area contributed by atoms with Crippen LogP contribution >= 0.6 is 11.8 Å². The molecule has 0 spiro atoms. The van der Waals surface area contributed by atoms with E-state index in [4.69, 9.17) is 10.3 Å². The zero-order valence-corrected chi connectivity index (χ0v) is 17.1. The molecule has 4 N–H and O–H groups in total. The molecule has 28 heavy (non-hydrogen) atoms. The minimum Gasteiger partial charge on any atom is -0.385 e. The Hall–Kier alpha value is -2.68. The molecule has 2 heterocycles. The zero-order chi connectivity index (χ0) is 20.3. The first kappa shape index (κ1) is 20.1. The van der Waals surface area contributed by atoms with Gasteiger partial charge in [0.25, 0.3) is 10.1 Å². The van der Waals surface area contributed by atoms with Gasteiger partial charge >= 0.3 is 0 Å². The number of H-pyrrole nitrogens is 1. The van der Waals surface area contributed by atoms with Crippen molar-refractivity contribution in [3.05, 3.63) is 76.4 Å². The molecule has 2 aromatic carbocycles. The molecule has 1 aliphatic heterocycles. The van der Waals surface area contributed by atoms with E-state index < -0.39 is 10.1 Å². The first-order valence-electron chi connectivity index (χ1n) is 8.44. The van der Waals surface area contributed by atoms with E-state index in [0.29, 0.717) is 0 Å². The van der Waals surface area contributed by atoms with Crippen LogP contribution in [0.4, 0.5) is 5.82 Å². The molecule has 0 amide bonds. The summed E-state index contributed by atoms with van der Waals surface area (Å²) in [6, 6.07) is 14.1. The molecule has 0 atom stereocenters. The predicted molar refractivity (Wildman–Crippen MR) is 116 cm³/mol. The van der Waals surface area contributed by atoms with Gasteiger partial charge in [-0.05, 0) is 30.5 Å². The normalized spacial score (nSPS) is 15.1. The Morgan fingerprint density at radius 1 is 1.11 bits per heavy atom. The molecule has 0 unspecified atom stereocenters. The maximum atomic E-state index is 10.5. The molecule has 0 saturated carbocycles. The monoisotopic (exact) mass is 415 g/mol. The van der Waals surface area contributed by atoms with Crippen molar-refractivity contribution in [3.8, 4) is 0 Å². The van der Waals surface area contributed by atoms with Gasteiger partial charge in [-0.2, -0.15) is 8.42 Å². The quantitative estimate of drug-likeness (QED) is 0.535. The Kier molecular flexibility index (Phi) is 5.83. The van der Waals surface area contributed by atoms with Crippen LogP contribution in [0.5, 0.6) is 0 Å². The Balaban J connectivity index is 0.000000178. The highest BCUT2D eigenvalue weighted by Crippen LogP contribution is 2.32. The molecule has 8 heteroatoms. The van der Waals surface area contributed by atoms with Gasteiger partial charge in [0.1, 0.15) is 5.82 Å². The van der Waals surface area contributed by atoms with Gasteiger partial charge in [0.15, 0.2) is 0 Å². The van der Waals surface area contributed by atoms with Crippen LogP contribution in [0.1, 0.15) is 11.3 Å². The number of nitrogens with two attached hydrogens (primary N) is 1. The Labute approximate surface area is 168 Å². The average Bonchev–Trinajstić information content (AvgIpc) is 3.19. The molecule has 4 rings (SSSR count).